The Kier molecular flexibility index (Phi) is 6.61. The van der Waals surface area contributed by atoms with Gasteiger partial charge in [0.05, 0.1) is 46.2 Å². The molecular weight excluding hydrogens is 308 g/mol. The number of ether oxygens (including phenoxy) is 7. The Balaban J connectivity index is 1.35. The van der Waals surface area contributed by atoms with Crippen LogP contribution in [0.15, 0.2) is 0 Å². The molecule has 0 aromatic heterocycles. The van der Waals surface area contributed by atoms with E-state index in [1.165, 1.54) is 0 Å². The van der Waals surface area contributed by atoms with Crippen molar-refractivity contribution in [3.05, 3.63) is 0 Å². The van der Waals surface area contributed by atoms with Crippen molar-refractivity contribution in [2.45, 2.75) is 30.5 Å². The van der Waals surface area contributed by atoms with Gasteiger partial charge in [0.2, 0.25) is 5.79 Å². The highest BCUT2D eigenvalue weighted by Crippen LogP contribution is 2.21. The molecule has 4 atom stereocenters. The zero-order chi connectivity index (χ0) is 16.0. The summed E-state index contributed by atoms with van der Waals surface area (Å²) in [6.07, 6.45) is 0.470. The van der Waals surface area contributed by atoms with E-state index in [9.17, 15) is 5.11 Å². The lowest BCUT2D eigenvalue weighted by Crippen LogP contribution is -2.46. The van der Waals surface area contributed by atoms with Gasteiger partial charge >= 0.3 is 0 Å². The molecule has 0 spiro atoms. The molecule has 0 aromatic carbocycles. The first-order chi connectivity index (χ1) is 11.3. The maximum Gasteiger partial charge on any atom is 0.216 e. The van der Waals surface area contributed by atoms with Crippen molar-refractivity contribution in [3.8, 4) is 0 Å². The van der Waals surface area contributed by atoms with Crippen LogP contribution in [0.1, 0.15) is 6.42 Å². The quantitative estimate of drug-likeness (QED) is 0.497. The molecular formula is C15H26O8. The lowest BCUT2D eigenvalue weighted by Gasteiger charge is -2.31. The van der Waals surface area contributed by atoms with Gasteiger partial charge in [-0.25, -0.2) is 0 Å². The van der Waals surface area contributed by atoms with Crippen molar-refractivity contribution >= 4 is 0 Å². The van der Waals surface area contributed by atoms with E-state index in [1.807, 2.05) is 0 Å². The van der Waals surface area contributed by atoms with E-state index in [2.05, 4.69) is 0 Å². The molecule has 23 heavy (non-hydrogen) atoms. The summed E-state index contributed by atoms with van der Waals surface area (Å²) >= 11 is 0. The van der Waals surface area contributed by atoms with Crippen LogP contribution in [0.4, 0.5) is 0 Å². The molecule has 0 saturated carbocycles. The highest BCUT2D eigenvalue weighted by Gasteiger charge is 2.37. The third kappa shape index (κ3) is 6.60. The number of hydrogen-bond acceptors (Lipinski definition) is 8. The van der Waals surface area contributed by atoms with Gasteiger partial charge in [0.25, 0.3) is 0 Å². The van der Waals surface area contributed by atoms with Crippen LogP contribution in [0.25, 0.3) is 0 Å². The van der Waals surface area contributed by atoms with E-state index in [0.29, 0.717) is 33.0 Å². The summed E-state index contributed by atoms with van der Waals surface area (Å²) in [4.78, 5) is 0. The molecule has 0 bridgehead atoms. The minimum Gasteiger partial charge on any atom is -0.388 e. The molecule has 0 aliphatic carbocycles. The van der Waals surface area contributed by atoms with Gasteiger partial charge < -0.3 is 38.3 Å². The largest absolute Gasteiger partial charge is 0.388 e. The fraction of sp³-hybridized carbons (Fsp3) is 1.00. The second kappa shape index (κ2) is 8.68. The molecule has 134 valence electrons. The number of hydrogen-bond donors (Lipinski definition) is 1. The standard InChI is InChI=1S/C15H26O8/c16-12(4-18-6-13-7-20-13)5-19-11-15(23-9-14-8-21-14)10-17-2-1-3-22-15/h12-14,16H,1-11H2. The summed E-state index contributed by atoms with van der Waals surface area (Å²) in [5.74, 6) is -0.926. The van der Waals surface area contributed by atoms with E-state index in [-0.39, 0.29) is 32.0 Å². The van der Waals surface area contributed by atoms with Crippen LogP contribution in [-0.2, 0) is 33.2 Å². The van der Waals surface area contributed by atoms with Gasteiger partial charge in [-0.05, 0) is 6.42 Å². The Labute approximate surface area is 135 Å². The van der Waals surface area contributed by atoms with Gasteiger partial charge in [0, 0.05) is 6.61 Å². The Hall–Kier alpha value is -0.320. The topological polar surface area (TPSA) is 91.4 Å². The number of aliphatic hydroxyl groups is 1. The van der Waals surface area contributed by atoms with Crippen molar-refractivity contribution in [1.29, 1.82) is 0 Å². The Bertz CT molecular complexity index is 336. The van der Waals surface area contributed by atoms with Gasteiger partial charge in [-0.3, -0.25) is 0 Å². The van der Waals surface area contributed by atoms with E-state index in [4.69, 9.17) is 33.2 Å². The van der Waals surface area contributed by atoms with Crippen molar-refractivity contribution in [1.82, 2.24) is 0 Å². The first-order valence-electron chi connectivity index (χ1n) is 8.18. The summed E-state index contributed by atoms with van der Waals surface area (Å²) in [6.45, 7) is 4.52. The normalized spacial score (nSPS) is 34.8. The zero-order valence-corrected chi connectivity index (χ0v) is 13.3. The van der Waals surface area contributed by atoms with Crippen LogP contribution in [0.5, 0.6) is 0 Å². The summed E-state index contributed by atoms with van der Waals surface area (Å²) in [6, 6.07) is 0. The third-order valence-electron chi connectivity index (χ3n) is 3.70. The van der Waals surface area contributed by atoms with Crippen molar-refractivity contribution in [3.63, 3.8) is 0 Å². The summed E-state index contributed by atoms with van der Waals surface area (Å²) in [5.41, 5.74) is 0. The van der Waals surface area contributed by atoms with Gasteiger partial charge in [0.1, 0.15) is 31.5 Å². The molecule has 3 saturated heterocycles. The van der Waals surface area contributed by atoms with Crippen molar-refractivity contribution in [2.24, 2.45) is 0 Å². The van der Waals surface area contributed by atoms with Gasteiger partial charge in [0.15, 0.2) is 0 Å². The average Bonchev–Trinajstić information content (AvgIpc) is 3.40. The smallest absolute Gasteiger partial charge is 0.216 e. The summed E-state index contributed by atoms with van der Waals surface area (Å²) in [7, 11) is 0. The average molecular weight is 334 g/mol. The minimum absolute atomic E-state index is 0.141. The fourth-order valence-electron chi connectivity index (χ4n) is 2.20. The summed E-state index contributed by atoms with van der Waals surface area (Å²) in [5, 5.41) is 9.86. The number of aliphatic hydroxyl groups excluding tert-OH is 1. The lowest BCUT2D eigenvalue weighted by molar-refractivity contribution is -0.274. The highest BCUT2D eigenvalue weighted by molar-refractivity contribution is 4.76. The highest BCUT2D eigenvalue weighted by atomic mass is 16.7. The lowest BCUT2D eigenvalue weighted by atomic mass is 10.3. The number of epoxide rings is 2. The van der Waals surface area contributed by atoms with Gasteiger partial charge in [-0.2, -0.15) is 0 Å². The molecule has 3 aliphatic heterocycles. The van der Waals surface area contributed by atoms with Crippen molar-refractivity contribution in [2.75, 3.05) is 66.1 Å². The molecule has 0 radical (unpaired) electrons. The number of rotatable bonds is 11. The zero-order valence-electron chi connectivity index (χ0n) is 13.3. The van der Waals surface area contributed by atoms with E-state index >= 15 is 0 Å². The maximum atomic E-state index is 9.86. The maximum absolute atomic E-state index is 9.86. The Morgan fingerprint density at radius 1 is 1.04 bits per heavy atom. The molecule has 4 unspecified atom stereocenters. The van der Waals surface area contributed by atoms with Crippen LogP contribution < -0.4 is 0 Å². The van der Waals surface area contributed by atoms with Crippen LogP contribution in [0.3, 0.4) is 0 Å². The molecule has 3 aliphatic rings. The van der Waals surface area contributed by atoms with Crippen molar-refractivity contribution < 1.29 is 38.3 Å². The SMILES string of the molecule is OC(COCC1CO1)COCC1(OCC2CO2)COCCCO1. The van der Waals surface area contributed by atoms with Gasteiger partial charge in [-0.1, -0.05) is 0 Å². The summed E-state index contributed by atoms with van der Waals surface area (Å²) < 4.78 is 38.3. The molecule has 3 heterocycles. The first kappa shape index (κ1) is 17.5. The van der Waals surface area contributed by atoms with E-state index in [1.54, 1.807) is 0 Å². The first-order valence-corrected chi connectivity index (χ1v) is 8.18. The monoisotopic (exact) mass is 334 g/mol. The molecule has 1 N–H and O–H groups in total. The second-order valence-electron chi connectivity index (χ2n) is 6.09. The predicted molar refractivity (Wildman–Crippen MR) is 77.2 cm³/mol. The van der Waals surface area contributed by atoms with Crippen LogP contribution >= 0.6 is 0 Å². The van der Waals surface area contributed by atoms with Crippen LogP contribution in [-0.4, -0.2) is 95.3 Å². The molecule has 8 heteroatoms. The van der Waals surface area contributed by atoms with E-state index < -0.39 is 11.9 Å². The van der Waals surface area contributed by atoms with E-state index in [0.717, 1.165) is 19.6 Å². The Morgan fingerprint density at radius 3 is 2.57 bits per heavy atom. The molecule has 8 nitrogen and oxygen atoms in total. The minimum atomic E-state index is -0.926. The van der Waals surface area contributed by atoms with Gasteiger partial charge in [-0.15, -0.1) is 0 Å². The predicted octanol–water partition coefficient (Wildman–Crippen LogP) is -0.672. The molecule has 0 amide bonds. The molecule has 0 aromatic rings. The van der Waals surface area contributed by atoms with Crippen LogP contribution in [0.2, 0.25) is 0 Å². The third-order valence-corrected chi connectivity index (χ3v) is 3.70. The van der Waals surface area contributed by atoms with Crippen LogP contribution in [0, 0.1) is 0 Å². The fourth-order valence-corrected chi connectivity index (χ4v) is 2.20. The Morgan fingerprint density at radius 2 is 1.78 bits per heavy atom. The molecule has 3 rings (SSSR count). The molecule has 3 fully saturated rings. The second-order valence-corrected chi connectivity index (χ2v) is 6.09.